The van der Waals surface area contributed by atoms with Gasteiger partial charge < -0.3 is 5.32 Å². The second-order valence-corrected chi connectivity index (χ2v) is 3.95. The van der Waals surface area contributed by atoms with Crippen molar-refractivity contribution < 1.29 is 9.18 Å². The normalized spacial score (nSPS) is 10.4. The summed E-state index contributed by atoms with van der Waals surface area (Å²) in [6.45, 7) is 0. The van der Waals surface area contributed by atoms with Gasteiger partial charge in [0.2, 0.25) is 0 Å². The van der Waals surface area contributed by atoms with Gasteiger partial charge in [-0.1, -0.05) is 34.8 Å². The van der Waals surface area contributed by atoms with E-state index in [4.69, 9.17) is 34.8 Å². The lowest BCUT2D eigenvalue weighted by Gasteiger charge is -2.06. The van der Waals surface area contributed by atoms with Crippen molar-refractivity contribution in [3.05, 3.63) is 29.0 Å². The van der Waals surface area contributed by atoms with Gasteiger partial charge >= 0.3 is 0 Å². The molecule has 76 valence electrons. The Balaban J connectivity index is 2.86. The first-order valence-corrected chi connectivity index (χ1v) is 4.80. The number of rotatable bonds is 2. The van der Waals surface area contributed by atoms with Crippen LogP contribution < -0.4 is 5.32 Å². The van der Waals surface area contributed by atoms with Crippen LogP contribution in [0, 0.1) is 5.82 Å². The zero-order chi connectivity index (χ0) is 10.7. The summed E-state index contributed by atoms with van der Waals surface area (Å²) in [5.41, 5.74) is -0.0474. The van der Waals surface area contributed by atoms with Gasteiger partial charge in [0, 0.05) is 5.02 Å². The average molecular weight is 256 g/mol. The van der Waals surface area contributed by atoms with Gasteiger partial charge in [0.1, 0.15) is 5.82 Å². The molecule has 0 fully saturated rings. The lowest BCUT2D eigenvalue weighted by atomic mass is 10.3. The van der Waals surface area contributed by atoms with E-state index < -0.39 is 16.6 Å². The van der Waals surface area contributed by atoms with Gasteiger partial charge in [0.15, 0.2) is 4.84 Å². The molecule has 0 saturated heterocycles. The van der Waals surface area contributed by atoms with E-state index in [2.05, 4.69) is 5.32 Å². The third kappa shape index (κ3) is 3.01. The average Bonchev–Trinajstić information content (AvgIpc) is 2.11. The Morgan fingerprint density at radius 3 is 2.64 bits per heavy atom. The van der Waals surface area contributed by atoms with Crippen LogP contribution in [0.25, 0.3) is 0 Å². The fourth-order valence-electron chi connectivity index (χ4n) is 0.781. The van der Waals surface area contributed by atoms with Gasteiger partial charge in [-0.3, -0.25) is 4.79 Å². The topological polar surface area (TPSA) is 29.1 Å². The molecule has 1 aromatic carbocycles. The van der Waals surface area contributed by atoms with Crippen molar-refractivity contribution in [2.45, 2.75) is 4.84 Å². The summed E-state index contributed by atoms with van der Waals surface area (Å²) >= 11 is 16.1. The molecular weight excluding hydrogens is 251 g/mol. The fourth-order valence-corrected chi connectivity index (χ4v) is 1.06. The molecule has 0 aliphatic carbocycles. The molecule has 1 aromatic rings. The lowest BCUT2D eigenvalue weighted by molar-refractivity contribution is -0.114. The summed E-state index contributed by atoms with van der Waals surface area (Å²) in [7, 11) is 0. The molecule has 0 aliphatic heterocycles. The molecule has 1 amide bonds. The van der Waals surface area contributed by atoms with Gasteiger partial charge in [0.05, 0.1) is 5.69 Å². The van der Waals surface area contributed by atoms with Gasteiger partial charge in [-0.05, 0) is 18.2 Å². The molecular formula is C8H5Cl3FNO. The first kappa shape index (κ1) is 11.6. The Labute approximate surface area is 94.9 Å². The number of amides is 1. The zero-order valence-corrected chi connectivity index (χ0v) is 9.00. The number of carbonyl (C=O) groups excluding carboxylic acids is 1. The van der Waals surface area contributed by atoms with E-state index in [1.807, 2.05) is 0 Å². The highest BCUT2D eigenvalue weighted by Gasteiger charge is 2.13. The van der Waals surface area contributed by atoms with Gasteiger partial charge in [-0.2, -0.15) is 0 Å². The number of halogens is 4. The summed E-state index contributed by atoms with van der Waals surface area (Å²) in [6.07, 6.45) is 0. The molecule has 1 N–H and O–H groups in total. The lowest BCUT2D eigenvalue weighted by Crippen LogP contribution is -2.19. The van der Waals surface area contributed by atoms with Crippen molar-refractivity contribution in [3.8, 4) is 0 Å². The molecule has 14 heavy (non-hydrogen) atoms. The molecule has 0 heterocycles. The van der Waals surface area contributed by atoms with E-state index >= 15 is 0 Å². The first-order valence-electron chi connectivity index (χ1n) is 3.55. The molecule has 0 aliphatic rings. The molecule has 0 bridgehead atoms. The van der Waals surface area contributed by atoms with Crippen LogP contribution in [-0.2, 0) is 4.79 Å². The van der Waals surface area contributed by atoms with Crippen LogP contribution in [0.15, 0.2) is 18.2 Å². The van der Waals surface area contributed by atoms with E-state index in [0.29, 0.717) is 5.02 Å². The van der Waals surface area contributed by atoms with E-state index in [1.165, 1.54) is 12.1 Å². The molecule has 0 atom stereocenters. The minimum atomic E-state index is -1.24. The Morgan fingerprint density at radius 2 is 2.07 bits per heavy atom. The standard InChI is InChI=1S/C8H5Cl3FNO/c9-4-1-2-5(12)6(3-4)13-8(14)7(10)11/h1-3,7H,(H,13,14). The number of anilines is 1. The summed E-state index contributed by atoms with van der Waals surface area (Å²) in [4.78, 5) is 9.75. The van der Waals surface area contributed by atoms with E-state index in [0.717, 1.165) is 6.07 Å². The maximum atomic E-state index is 13.0. The van der Waals surface area contributed by atoms with Crippen LogP contribution in [0.2, 0.25) is 5.02 Å². The summed E-state index contributed by atoms with van der Waals surface area (Å²) in [5.74, 6) is -1.30. The quantitative estimate of drug-likeness (QED) is 0.809. The number of hydrogen-bond acceptors (Lipinski definition) is 1. The Kier molecular flexibility index (Phi) is 3.98. The number of nitrogens with one attached hydrogen (secondary N) is 1. The SMILES string of the molecule is O=C(Nc1cc(Cl)ccc1F)C(Cl)Cl. The van der Waals surface area contributed by atoms with Gasteiger partial charge in [-0.25, -0.2) is 4.39 Å². The highest BCUT2D eigenvalue weighted by molar-refractivity contribution is 6.54. The van der Waals surface area contributed by atoms with Crippen molar-refractivity contribution in [1.29, 1.82) is 0 Å². The Bertz CT molecular complexity index is 356. The zero-order valence-electron chi connectivity index (χ0n) is 6.73. The van der Waals surface area contributed by atoms with Crippen molar-refractivity contribution >= 4 is 46.4 Å². The van der Waals surface area contributed by atoms with Crippen molar-refractivity contribution in [3.63, 3.8) is 0 Å². The van der Waals surface area contributed by atoms with Crippen LogP contribution in [0.4, 0.5) is 10.1 Å². The van der Waals surface area contributed by atoms with E-state index in [9.17, 15) is 9.18 Å². The van der Waals surface area contributed by atoms with Gasteiger partial charge in [0.25, 0.3) is 5.91 Å². The second-order valence-electron chi connectivity index (χ2n) is 2.41. The van der Waals surface area contributed by atoms with Crippen molar-refractivity contribution in [2.24, 2.45) is 0 Å². The molecule has 6 heteroatoms. The number of carbonyl (C=O) groups is 1. The summed E-state index contributed by atoms with van der Waals surface area (Å²) in [6, 6.07) is 3.77. The molecule has 0 spiro atoms. The van der Waals surface area contributed by atoms with Crippen LogP contribution in [-0.4, -0.2) is 10.7 Å². The molecule has 0 aromatic heterocycles. The van der Waals surface area contributed by atoms with E-state index in [1.54, 1.807) is 0 Å². The Morgan fingerprint density at radius 1 is 1.43 bits per heavy atom. The van der Waals surface area contributed by atoms with Gasteiger partial charge in [-0.15, -0.1) is 0 Å². The predicted octanol–water partition coefficient (Wildman–Crippen LogP) is 3.22. The third-order valence-electron chi connectivity index (χ3n) is 1.38. The molecule has 0 unspecified atom stereocenters. The van der Waals surface area contributed by atoms with Crippen LogP contribution >= 0.6 is 34.8 Å². The maximum Gasteiger partial charge on any atom is 0.257 e. The number of alkyl halides is 2. The highest BCUT2D eigenvalue weighted by Crippen LogP contribution is 2.20. The smallest absolute Gasteiger partial charge is 0.257 e. The maximum absolute atomic E-state index is 13.0. The van der Waals surface area contributed by atoms with Crippen molar-refractivity contribution in [2.75, 3.05) is 5.32 Å². The first-order chi connectivity index (χ1) is 6.50. The molecule has 2 nitrogen and oxygen atoms in total. The van der Waals surface area contributed by atoms with Crippen LogP contribution in [0.1, 0.15) is 0 Å². The van der Waals surface area contributed by atoms with Crippen LogP contribution in [0.3, 0.4) is 0 Å². The molecule has 0 radical (unpaired) electrons. The number of benzene rings is 1. The predicted molar refractivity (Wildman–Crippen MR) is 55.5 cm³/mol. The summed E-state index contributed by atoms with van der Waals surface area (Å²) < 4.78 is 13.0. The second kappa shape index (κ2) is 4.82. The molecule has 0 saturated carbocycles. The highest BCUT2D eigenvalue weighted by atomic mass is 35.5. The van der Waals surface area contributed by atoms with Crippen LogP contribution in [0.5, 0.6) is 0 Å². The fraction of sp³-hybridized carbons (Fsp3) is 0.125. The monoisotopic (exact) mass is 255 g/mol. The number of hydrogen-bond donors (Lipinski definition) is 1. The molecule has 1 rings (SSSR count). The largest absolute Gasteiger partial charge is 0.321 e. The minimum Gasteiger partial charge on any atom is -0.321 e. The minimum absolute atomic E-state index is 0.0474. The van der Waals surface area contributed by atoms with Crippen molar-refractivity contribution in [1.82, 2.24) is 0 Å². The Hall–Kier alpha value is -0.510. The third-order valence-corrected chi connectivity index (χ3v) is 2.02. The van der Waals surface area contributed by atoms with E-state index in [-0.39, 0.29) is 5.69 Å². The summed E-state index contributed by atoms with van der Waals surface area (Å²) in [5, 5.41) is 2.50.